The van der Waals surface area contributed by atoms with Gasteiger partial charge in [-0.2, -0.15) is 10.2 Å². The summed E-state index contributed by atoms with van der Waals surface area (Å²) in [5.41, 5.74) is 3.35. The number of nitrogens with one attached hydrogen (secondary N) is 1. The zero-order chi connectivity index (χ0) is 27.2. The minimum absolute atomic E-state index is 0.0869. The van der Waals surface area contributed by atoms with Gasteiger partial charge in [-0.3, -0.25) is 9.36 Å². The van der Waals surface area contributed by atoms with Gasteiger partial charge in [0.25, 0.3) is 0 Å². The number of nitrogens with zero attached hydrogens (tertiary/aromatic N) is 5. The molecule has 38 heavy (non-hydrogen) atoms. The summed E-state index contributed by atoms with van der Waals surface area (Å²) in [6, 6.07) is 3.16. The average Bonchev–Trinajstić information content (AvgIpc) is 3.52. The molecule has 0 amide bonds. The number of aliphatic hydroxyl groups excluding tert-OH is 2. The van der Waals surface area contributed by atoms with Gasteiger partial charge < -0.3 is 20.3 Å². The summed E-state index contributed by atoms with van der Waals surface area (Å²) >= 11 is 0. The minimum Gasteiger partial charge on any atom is -0.490 e. The number of hydrogen-bond donors (Lipinski definition) is 3. The molecule has 0 atom stereocenters. The van der Waals surface area contributed by atoms with Crippen molar-refractivity contribution in [2.24, 2.45) is 4.99 Å². The molecule has 0 aliphatic heterocycles. The van der Waals surface area contributed by atoms with E-state index in [9.17, 15) is 19.0 Å². The maximum Gasteiger partial charge on any atom is 0.162 e. The number of benzene rings is 1. The van der Waals surface area contributed by atoms with Crippen molar-refractivity contribution >= 4 is 12.8 Å². The van der Waals surface area contributed by atoms with Gasteiger partial charge in [-0.15, -0.1) is 0 Å². The molecule has 9 nitrogen and oxygen atoms in total. The molecule has 0 spiro atoms. The second-order valence-corrected chi connectivity index (χ2v) is 9.37. The summed E-state index contributed by atoms with van der Waals surface area (Å²) in [6.45, 7) is 7.88. The summed E-state index contributed by atoms with van der Waals surface area (Å²) in [5.74, 6) is -0.866. The SMILES string of the molecule is C=N/C(=C\c1c(C)c(-c2cnn(C(CO)CO)c2)nn1C1CCC(Oc2ccc(F)c(F)c2)CC1)NCC. The van der Waals surface area contributed by atoms with Crippen molar-refractivity contribution in [3.05, 3.63) is 59.3 Å². The van der Waals surface area contributed by atoms with Gasteiger partial charge in [-0.1, -0.05) is 0 Å². The van der Waals surface area contributed by atoms with E-state index in [-0.39, 0.29) is 25.4 Å². The van der Waals surface area contributed by atoms with E-state index in [0.717, 1.165) is 60.3 Å². The van der Waals surface area contributed by atoms with E-state index in [1.165, 1.54) is 6.07 Å². The van der Waals surface area contributed by atoms with Crippen molar-refractivity contribution in [3.8, 4) is 17.0 Å². The van der Waals surface area contributed by atoms with Gasteiger partial charge in [0.15, 0.2) is 11.6 Å². The number of aliphatic hydroxyl groups is 2. The standard InChI is InChI=1S/C27H34F2N6O3/c1-4-31-26(30-3)12-25-17(2)27(18-13-32-34(14-18)20(15-36)16-37)33-35(25)19-5-7-21(8-6-19)38-22-9-10-23(28)24(29)11-22/h9-14,19-21,31,36-37H,3-8,15-16H2,1-2H3/b26-12+. The molecule has 0 unspecified atom stereocenters. The molecule has 204 valence electrons. The molecule has 4 rings (SSSR count). The highest BCUT2D eigenvalue weighted by molar-refractivity contribution is 5.68. The first kappa shape index (κ1) is 27.5. The lowest BCUT2D eigenvalue weighted by Crippen LogP contribution is -2.27. The van der Waals surface area contributed by atoms with Crippen LogP contribution in [0.15, 0.2) is 41.4 Å². The molecule has 2 heterocycles. The Morgan fingerprint density at radius 2 is 1.97 bits per heavy atom. The molecule has 1 saturated carbocycles. The highest BCUT2D eigenvalue weighted by Crippen LogP contribution is 2.35. The number of halogens is 2. The van der Waals surface area contributed by atoms with Crippen molar-refractivity contribution in [3.63, 3.8) is 0 Å². The molecular weight excluding hydrogens is 494 g/mol. The summed E-state index contributed by atoms with van der Waals surface area (Å²) in [6.07, 6.45) is 8.30. The zero-order valence-electron chi connectivity index (χ0n) is 21.6. The van der Waals surface area contributed by atoms with E-state index < -0.39 is 17.7 Å². The predicted octanol–water partition coefficient (Wildman–Crippen LogP) is 4.03. The molecule has 1 fully saturated rings. The van der Waals surface area contributed by atoms with E-state index in [0.29, 0.717) is 18.1 Å². The smallest absolute Gasteiger partial charge is 0.162 e. The molecule has 0 saturated heterocycles. The fraction of sp³-hybridized carbons (Fsp3) is 0.444. The average molecular weight is 529 g/mol. The van der Waals surface area contributed by atoms with Gasteiger partial charge in [0.1, 0.15) is 11.6 Å². The van der Waals surface area contributed by atoms with Crippen LogP contribution in [0.3, 0.4) is 0 Å². The number of aromatic nitrogens is 4. The van der Waals surface area contributed by atoms with Crippen LogP contribution in [0.4, 0.5) is 8.78 Å². The van der Waals surface area contributed by atoms with Crippen LogP contribution < -0.4 is 10.1 Å². The largest absolute Gasteiger partial charge is 0.490 e. The number of hydrogen-bond acceptors (Lipinski definition) is 7. The van der Waals surface area contributed by atoms with E-state index in [2.05, 4.69) is 22.1 Å². The van der Waals surface area contributed by atoms with Gasteiger partial charge in [-0.25, -0.2) is 13.8 Å². The fourth-order valence-corrected chi connectivity index (χ4v) is 4.76. The first-order valence-electron chi connectivity index (χ1n) is 12.8. The van der Waals surface area contributed by atoms with E-state index in [1.54, 1.807) is 17.1 Å². The third-order valence-corrected chi connectivity index (χ3v) is 6.85. The second kappa shape index (κ2) is 12.3. The van der Waals surface area contributed by atoms with Gasteiger partial charge in [0.05, 0.1) is 49.0 Å². The Morgan fingerprint density at radius 3 is 2.61 bits per heavy atom. The molecule has 1 aliphatic carbocycles. The molecule has 3 aromatic rings. The van der Waals surface area contributed by atoms with Crippen molar-refractivity contribution < 1.29 is 23.7 Å². The second-order valence-electron chi connectivity index (χ2n) is 9.37. The minimum atomic E-state index is -0.924. The van der Waals surface area contributed by atoms with Gasteiger partial charge in [0.2, 0.25) is 0 Å². The Morgan fingerprint density at radius 1 is 1.24 bits per heavy atom. The van der Waals surface area contributed by atoms with Crippen molar-refractivity contribution in [2.75, 3.05) is 19.8 Å². The molecule has 2 aromatic heterocycles. The molecule has 11 heteroatoms. The number of rotatable bonds is 11. The normalized spacial score (nSPS) is 18.1. The summed E-state index contributed by atoms with van der Waals surface area (Å²) in [4.78, 5) is 4.11. The van der Waals surface area contributed by atoms with E-state index in [1.807, 2.05) is 24.6 Å². The van der Waals surface area contributed by atoms with Crippen LogP contribution >= 0.6 is 0 Å². The van der Waals surface area contributed by atoms with Crippen LogP contribution in [0.5, 0.6) is 5.75 Å². The number of ether oxygens (including phenoxy) is 1. The van der Waals surface area contributed by atoms with Gasteiger partial charge >= 0.3 is 0 Å². The summed E-state index contributed by atoms with van der Waals surface area (Å²) in [5, 5.41) is 31.6. The lowest BCUT2D eigenvalue weighted by atomic mass is 9.92. The Balaban J connectivity index is 1.60. The van der Waals surface area contributed by atoms with Crippen LogP contribution in [0.2, 0.25) is 0 Å². The maximum absolute atomic E-state index is 13.6. The number of aliphatic imine (C=N–C) groups is 1. The van der Waals surface area contributed by atoms with Gasteiger partial charge in [0, 0.05) is 36.0 Å². The van der Waals surface area contributed by atoms with Crippen LogP contribution in [0.1, 0.15) is 55.9 Å². The van der Waals surface area contributed by atoms with E-state index in [4.69, 9.17) is 9.84 Å². The summed E-state index contributed by atoms with van der Waals surface area (Å²) < 4.78 is 36.3. The predicted molar refractivity (Wildman–Crippen MR) is 141 cm³/mol. The Labute approximate surface area is 220 Å². The Kier molecular flexibility index (Phi) is 8.90. The van der Waals surface area contributed by atoms with Crippen LogP contribution in [0, 0.1) is 18.6 Å². The van der Waals surface area contributed by atoms with Crippen LogP contribution in [-0.4, -0.2) is 62.4 Å². The Hall–Kier alpha value is -3.57. The fourth-order valence-electron chi connectivity index (χ4n) is 4.76. The quantitative estimate of drug-likeness (QED) is 0.324. The highest BCUT2D eigenvalue weighted by Gasteiger charge is 2.28. The lowest BCUT2D eigenvalue weighted by molar-refractivity contribution is 0.129. The van der Waals surface area contributed by atoms with Crippen LogP contribution in [0.25, 0.3) is 17.3 Å². The molecular formula is C27H34F2N6O3. The lowest BCUT2D eigenvalue weighted by Gasteiger charge is -2.30. The molecule has 0 radical (unpaired) electrons. The highest BCUT2D eigenvalue weighted by atomic mass is 19.2. The van der Waals surface area contributed by atoms with E-state index >= 15 is 0 Å². The monoisotopic (exact) mass is 528 g/mol. The van der Waals surface area contributed by atoms with Gasteiger partial charge in [-0.05, 0) is 58.4 Å². The summed E-state index contributed by atoms with van der Waals surface area (Å²) in [7, 11) is 0. The third kappa shape index (κ3) is 5.94. The first-order chi connectivity index (χ1) is 18.4. The van der Waals surface area contributed by atoms with Crippen molar-refractivity contribution in [1.29, 1.82) is 0 Å². The van der Waals surface area contributed by atoms with Crippen LogP contribution in [-0.2, 0) is 0 Å². The zero-order valence-corrected chi connectivity index (χ0v) is 21.6. The molecule has 1 aliphatic rings. The molecule has 1 aromatic carbocycles. The molecule has 0 bridgehead atoms. The maximum atomic E-state index is 13.6. The van der Waals surface area contributed by atoms with Crippen molar-refractivity contribution in [1.82, 2.24) is 24.9 Å². The Bertz CT molecular complexity index is 1280. The third-order valence-electron chi connectivity index (χ3n) is 6.85. The van der Waals surface area contributed by atoms with Crippen molar-refractivity contribution in [2.45, 2.75) is 57.7 Å². The topological polar surface area (TPSA) is 110 Å². The molecule has 3 N–H and O–H groups in total. The first-order valence-corrected chi connectivity index (χ1v) is 12.8.